The number of ether oxygens (including phenoxy) is 1. The van der Waals surface area contributed by atoms with E-state index in [1.807, 2.05) is 24.3 Å². The number of benzene rings is 2. The van der Waals surface area contributed by atoms with Crippen LogP contribution in [0.5, 0.6) is 5.75 Å². The lowest BCUT2D eigenvalue weighted by Crippen LogP contribution is -2.30. The van der Waals surface area contributed by atoms with E-state index in [0.29, 0.717) is 17.4 Å². The van der Waals surface area contributed by atoms with Crippen molar-refractivity contribution in [1.29, 1.82) is 0 Å². The number of carbonyl (C=O) groups is 1. The Balaban J connectivity index is 1.90. The fourth-order valence-electron chi connectivity index (χ4n) is 2.39. The monoisotopic (exact) mass is 390 g/mol. The number of rotatable bonds is 8. The standard InChI is InChI=1S/C20H26N2O4S/c1-14(2)16-5-9-18(10-6-16)26-13-20(23)21-17-7-11-19(12-8-17)27(24,25)22-15(3)4/h5-12,14-15,22H,13H2,1-4H3,(H,21,23). The summed E-state index contributed by atoms with van der Waals surface area (Å²) in [4.78, 5) is 12.2. The molecule has 2 rings (SSSR count). The zero-order valence-corrected chi connectivity index (χ0v) is 16.8. The molecule has 2 aromatic carbocycles. The van der Waals surface area contributed by atoms with Gasteiger partial charge in [-0.3, -0.25) is 4.79 Å². The minimum Gasteiger partial charge on any atom is -0.484 e. The van der Waals surface area contributed by atoms with Crippen LogP contribution in [-0.2, 0) is 14.8 Å². The lowest BCUT2D eigenvalue weighted by atomic mass is 10.0. The minimum atomic E-state index is -3.55. The van der Waals surface area contributed by atoms with E-state index in [-0.39, 0.29) is 23.5 Å². The molecule has 0 atom stereocenters. The Morgan fingerprint density at radius 2 is 1.56 bits per heavy atom. The molecule has 2 N–H and O–H groups in total. The molecule has 0 bridgehead atoms. The van der Waals surface area contributed by atoms with Gasteiger partial charge in [0.25, 0.3) is 5.91 Å². The van der Waals surface area contributed by atoms with Gasteiger partial charge in [-0.1, -0.05) is 26.0 Å². The van der Waals surface area contributed by atoms with Gasteiger partial charge >= 0.3 is 0 Å². The molecule has 0 fully saturated rings. The predicted octanol–water partition coefficient (Wildman–Crippen LogP) is 3.51. The van der Waals surface area contributed by atoms with Crippen LogP contribution in [0.4, 0.5) is 5.69 Å². The van der Waals surface area contributed by atoms with Crippen molar-refractivity contribution in [3.63, 3.8) is 0 Å². The summed E-state index contributed by atoms with van der Waals surface area (Å²) in [5.74, 6) is 0.736. The van der Waals surface area contributed by atoms with Crippen molar-refractivity contribution < 1.29 is 17.9 Å². The SMILES string of the molecule is CC(C)NS(=O)(=O)c1ccc(NC(=O)COc2ccc(C(C)C)cc2)cc1. The van der Waals surface area contributed by atoms with E-state index < -0.39 is 10.0 Å². The van der Waals surface area contributed by atoms with Crippen LogP contribution in [0.1, 0.15) is 39.2 Å². The molecule has 0 aliphatic rings. The van der Waals surface area contributed by atoms with Gasteiger partial charge in [0.15, 0.2) is 6.61 Å². The Labute approximate surface area is 161 Å². The molecule has 0 aliphatic heterocycles. The van der Waals surface area contributed by atoms with Crippen LogP contribution in [-0.4, -0.2) is 27.0 Å². The second kappa shape index (κ2) is 9.01. The molecule has 0 saturated heterocycles. The molecule has 146 valence electrons. The van der Waals surface area contributed by atoms with E-state index in [9.17, 15) is 13.2 Å². The van der Waals surface area contributed by atoms with Crippen molar-refractivity contribution >= 4 is 21.6 Å². The summed E-state index contributed by atoms with van der Waals surface area (Å²) >= 11 is 0. The number of sulfonamides is 1. The predicted molar refractivity (Wildman–Crippen MR) is 107 cm³/mol. The summed E-state index contributed by atoms with van der Waals surface area (Å²) in [6, 6.07) is 13.4. The Kier molecular flexibility index (Phi) is 6.98. The Morgan fingerprint density at radius 1 is 0.963 bits per heavy atom. The Bertz CT molecular complexity index is 858. The number of carbonyl (C=O) groups excluding carboxylic acids is 1. The van der Waals surface area contributed by atoms with Gasteiger partial charge in [0.1, 0.15) is 5.75 Å². The highest BCUT2D eigenvalue weighted by Crippen LogP contribution is 2.19. The van der Waals surface area contributed by atoms with Gasteiger partial charge in [-0.25, -0.2) is 13.1 Å². The van der Waals surface area contributed by atoms with Gasteiger partial charge in [-0.15, -0.1) is 0 Å². The molecule has 0 spiro atoms. The molecule has 0 saturated carbocycles. The normalized spacial score (nSPS) is 11.6. The Hall–Kier alpha value is -2.38. The van der Waals surface area contributed by atoms with Gasteiger partial charge in [0.2, 0.25) is 10.0 Å². The van der Waals surface area contributed by atoms with Crippen LogP contribution >= 0.6 is 0 Å². The first-order valence-corrected chi connectivity index (χ1v) is 10.3. The third-order valence-electron chi connectivity index (χ3n) is 3.76. The molecular weight excluding hydrogens is 364 g/mol. The fourth-order valence-corrected chi connectivity index (χ4v) is 3.64. The van der Waals surface area contributed by atoms with Crippen molar-refractivity contribution in [1.82, 2.24) is 4.72 Å². The average Bonchev–Trinajstić information content (AvgIpc) is 2.59. The number of anilines is 1. The molecule has 0 radical (unpaired) electrons. The molecule has 27 heavy (non-hydrogen) atoms. The summed E-state index contributed by atoms with van der Waals surface area (Å²) in [5.41, 5.74) is 1.70. The number of nitrogens with one attached hydrogen (secondary N) is 2. The zero-order valence-electron chi connectivity index (χ0n) is 16.0. The average molecular weight is 391 g/mol. The van der Waals surface area contributed by atoms with E-state index in [1.165, 1.54) is 17.7 Å². The molecule has 1 amide bonds. The Morgan fingerprint density at radius 3 is 2.07 bits per heavy atom. The van der Waals surface area contributed by atoms with Crippen LogP contribution in [0.25, 0.3) is 0 Å². The molecule has 0 aromatic heterocycles. The van der Waals surface area contributed by atoms with Gasteiger partial charge < -0.3 is 10.1 Å². The van der Waals surface area contributed by atoms with Crippen LogP contribution in [0.15, 0.2) is 53.4 Å². The second-order valence-corrected chi connectivity index (χ2v) is 8.57. The maximum atomic E-state index is 12.1. The van der Waals surface area contributed by atoms with Crippen LogP contribution in [0, 0.1) is 0 Å². The third-order valence-corrected chi connectivity index (χ3v) is 5.43. The van der Waals surface area contributed by atoms with Crippen molar-refractivity contribution in [2.75, 3.05) is 11.9 Å². The minimum absolute atomic E-state index is 0.129. The molecule has 2 aromatic rings. The summed E-state index contributed by atoms with van der Waals surface area (Å²) in [6.45, 7) is 7.60. The van der Waals surface area contributed by atoms with Crippen molar-refractivity contribution in [3.05, 3.63) is 54.1 Å². The molecule has 0 unspecified atom stereocenters. The molecular formula is C20H26N2O4S. The van der Waals surface area contributed by atoms with E-state index in [0.717, 1.165) is 0 Å². The molecule has 7 heteroatoms. The lowest BCUT2D eigenvalue weighted by molar-refractivity contribution is -0.118. The molecule has 6 nitrogen and oxygen atoms in total. The van der Waals surface area contributed by atoms with Crippen LogP contribution in [0.3, 0.4) is 0 Å². The topological polar surface area (TPSA) is 84.5 Å². The summed E-state index contributed by atoms with van der Waals surface area (Å²) in [5, 5.41) is 2.68. The lowest BCUT2D eigenvalue weighted by Gasteiger charge is -2.11. The van der Waals surface area contributed by atoms with Crippen molar-refractivity contribution in [2.24, 2.45) is 0 Å². The second-order valence-electron chi connectivity index (χ2n) is 6.86. The van der Waals surface area contributed by atoms with E-state index in [4.69, 9.17) is 4.74 Å². The van der Waals surface area contributed by atoms with Crippen LogP contribution < -0.4 is 14.8 Å². The van der Waals surface area contributed by atoms with E-state index in [2.05, 4.69) is 23.9 Å². The first-order valence-electron chi connectivity index (χ1n) is 8.82. The highest BCUT2D eigenvalue weighted by atomic mass is 32.2. The highest BCUT2D eigenvalue weighted by molar-refractivity contribution is 7.89. The van der Waals surface area contributed by atoms with Crippen LogP contribution in [0.2, 0.25) is 0 Å². The first-order chi connectivity index (χ1) is 12.7. The van der Waals surface area contributed by atoms with Gasteiger partial charge in [-0.05, 0) is 61.7 Å². The number of hydrogen-bond donors (Lipinski definition) is 2. The summed E-state index contributed by atoms with van der Waals surface area (Å²) in [7, 11) is -3.55. The maximum Gasteiger partial charge on any atom is 0.262 e. The fraction of sp³-hybridized carbons (Fsp3) is 0.350. The highest BCUT2D eigenvalue weighted by Gasteiger charge is 2.15. The van der Waals surface area contributed by atoms with Gasteiger partial charge in [-0.2, -0.15) is 0 Å². The van der Waals surface area contributed by atoms with E-state index >= 15 is 0 Å². The van der Waals surface area contributed by atoms with E-state index in [1.54, 1.807) is 26.0 Å². The summed E-state index contributed by atoms with van der Waals surface area (Å²) < 4.78 is 32.2. The summed E-state index contributed by atoms with van der Waals surface area (Å²) in [6.07, 6.45) is 0. The maximum absolute atomic E-state index is 12.1. The quantitative estimate of drug-likeness (QED) is 0.722. The smallest absolute Gasteiger partial charge is 0.262 e. The number of hydrogen-bond acceptors (Lipinski definition) is 4. The van der Waals surface area contributed by atoms with Gasteiger partial charge in [0.05, 0.1) is 4.90 Å². The van der Waals surface area contributed by atoms with Gasteiger partial charge in [0, 0.05) is 11.7 Å². The number of amides is 1. The molecule has 0 aliphatic carbocycles. The third kappa shape index (κ3) is 6.37. The first kappa shape index (κ1) is 20.9. The zero-order chi connectivity index (χ0) is 20.0. The van der Waals surface area contributed by atoms with Crippen molar-refractivity contribution in [3.8, 4) is 5.75 Å². The van der Waals surface area contributed by atoms with Crippen molar-refractivity contribution in [2.45, 2.75) is 44.6 Å². The molecule has 0 heterocycles. The largest absolute Gasteiger partial charge is 0.484 e.